The minimum atomic E-state index is -0.672. The highest BCUT2D eigenvalue weighted by Crippen LogP contribution is 2.09. The van der Waals surface area contributed by atoms with Gasteiger partial charge in [-0.2, -0.15) is 0 Å². The van der Waals surface area contributed by atoms with Crippen molar-refractivity contribution in [2.24, 2.45) is 0 Å². The first-order chi connectivity index (χ1) is 15.5. The lowest BCUT2D eigenvalue weighted by Gasteiger charge is -2.01. The Morgan fingerprint density at radius 3 is 1.53 bits per heavy atom. The zero-order chi connectivity index (χ0) is 24.1. The van der Waals surface area contributed by atoms with E-state index in [9.17, 15) is 9.59 Å². The molecule has 0 amide bonds. The fourth-order valence-corrected chi connectivity index (χ4v) is 2.93. The normalized spacial score (nSPS) is 11.5. The van der Waals surface area contributed by atoms with E-state index in [2.05, 4.69) is 30.4 Å². The largest absolute Gasteiger partial charge is 0.481 e. The van der Waals surface area contributed by atoms with Gasteiger partial charge in [-0.25, -0.2) is 0 Å². The van der Waals surface area contributed by atoms with Crippen LogP contribution in [0.15, 0.2) is 48.6 Å². The molecule has 0 rings (SSSR count). The zero-order valence-corrected chi connectivity index (χ0v) is 20.9. The summed E-state index contributed by atoms with van der Waals surface area (Å²) in [6.45, 7) is 6.07. The lowest BCUT2D eigenvalue weighted by Crippen LogP contribution is -1.99. The number of unbranched alkanes of at least 4 members (excludes halogenated alkanes) is 11. The van der Waals surface area contributed by atoms with E-state index in [1.807, 2.05) is 32.1 Å². The van der Waals surface area contributed by atoms with Gasteiger partial charge in [0.05, 0.1) is 6.61 Å². The molecular weight excluding hydrogens is 400 g/mol. The van der Waals surface area contributed by atoms with Gasteiger partial charge in [0.2, 0.25) is 0 Å². The smallest absolute Gasteiger partial charge is 0.303 e. The number of aliphatic carboxylic acids is 1. The van der Waals surface area contributed by atoms with Crippen molar-refractivity contribution in [3.8, 4) is 0 Å². The summed E-state index contributed by atoms with van der Waals surface area (Å²) in [7, 11) is 0. The molecule has 0 bridgehead atoms. The first-order valence-corrected chi connectivity index (χ1v) is 12.4. The van der Waals surface area contributed by atoms with Crippen molar-refractivity contribution in [3.05, 3.63) is 48.6 Å². The van der Waals surface area contributed by atoms with E-state index < -0.39 is 5.97 Å². The van der Waals surface area contributed by atoms with Crippen LogP contribution >= 0.6 is 0 Å². The van der Waals surface area contributed by atoms with Gasteiger partial charge < -0.3 is 9.84 Å². The molecule has 0 fully saturated rings. The zero-order valence-electron chi connectivity index (χ0n) is 20.9. The number of allylic oxidation sites excluding steroid dienone is 8. The van der Waals surface area contributed by atoms with Crippen molar-refractivity contribution < 1.29 is 19.4 Å². The molecule has 4 nitrogen and oxygen atoms in total. The first kappa shape index (κ1) is 32.1. The molecule has 0 saturated carbocycles. The molecular formula is C28H48O4. The van der Waals surface area contributed by atoms with Crippen molar-refractivity contribution in [1.82, 2.24) is 0 Å². The third kappa shape index (κ3) is 35.3. The number of carbonyl (C=O) groups excluding carboxylic acids is 1. The quantitative estimate of drug-likeness (QED) is 0.122. The Labute approximate surface area is 197 Å². The first-order valence-electron chi connectivity index (χ1n) is 12.4. The highest BCUT2D eigenvalue weighted by atomic mass is 16.5. The van der Waals surface area contributed by atoms with Crippen LogP contribution in [-0.4, -0.2) is 23.7 Å². The fourth-order valence-electron chi connectivity index (χ4n) is 2.93. The number of carboxylic acid groups (broad SMARTS) is 1. The number of carboxylic acids is 1. The van der Waals surface area contributed by atoms with Crippen LogP contribution in [0.4, 0.5) is 0 Å². The van der Waals surface area contributed by atoms with Gasteiger partial charge in [-0.05, 0) is 52.4 Å². The SMILES string of the molecule is CC=CC=CCCCCCCCCC(=O)O.CC=CC=CCCCCCCCOC(C)=O. The summed E-state index contributed by atoms with van der Waals surface area (Å²) in [5.74, 6) is -0.844. The van der Waals surface area contributed by atoms with Crippen LogP contribution in [0.5, 0.6) is 0 Å². The van der Waals surface area contributed by atoms with Crippen LogP contribution in [-0.2, 0) is 14.3 Å². The summed E-state index contributed by atoms with van der Waals surface area (Å²) in [6.07, 6.45) is 32.1. The molecule has 4 heteroatoms. The Hall–Kier alpha value is -2.10. The third-order valence-corrected chi connectivity index (χ3v) is 4.71. The van der Waals surface area contributed by atoms with Gasteiger partial charge in [0.1, 0.15) is 0 Å². The minimum Gasteiger partial charge on any atom is -0.481 e. The molecule has 0 aliphatic heterocycles. The standard InChI is InChI=1S/2C14H24O2/c1-3-4-5-6-7-8-9-10-11-12-13-16-14(2)15;1-2-3-4-5-6-7-8-9-10-11-12-13-14(15)16/h3-6H,7-13H2,1-2H3;2-5H,6-13H2,1H3,(H,15,16). The molecule has 1 N–H and O–H groups in total. The Morgan fingerprint density at radius 1 is 0.656 bits per heavy atom. The topological polar surface area (TPSA) is 63.6 Å². The maximum absolute atomic E-state index is 10.5. The molecule has 0 aliphatic rings. The van der Waals surface area contributed by atoms with Gasteiger partial charge in [0, 0.05) is 13.3 Å². The molecule has 0 spiro atoms. The molecule has 0 unspecified atom stereocenters. The second-order valence-corrected chi connectivity index (χ2v) is 7.86. The lowest BCUT2D eigenvalue weighted by molar-refractivity contribution is -0.141. The second-order valence-electron chi connectivity index (χ2n) is 7.86. The Balaban J connectivity index is 0. The highest BCUT2D eigenvalue weighted by Gasteiger charge is 1.96. The Bertz CT molecular complexity index is 482. The van der Waals surface area contributed by atoms with E-state index in [1.165, 1.54) is 51.9 Å². The Morgan fingerprint density at radius 2 is 1.09 bits per heavy atom. The van der Waals surface area contributed by atoms with Gasteiger partial charge in [0.15, 0.2) is 0 Å². The minimum absolute atomic E-state index is 0.172. The van der Waals surface area contributed by atoms with E-state index in [4.69, 9.17) is 9.84 Å². The number of hydrogen-bond donors (Lipinski definition) is 1. The van der Waals surface area contributed by atoms with Crippen LogP contribution in [0.3, 0.4) is 0 Å². The van der Waals surface area contributed by atoms with Crippen molar-refractivity contribution in [1.29, 1.82) is 0 Å². The van der Waals surface area contributed by atoms with E-state index in [1.54, 1.807) is 0 Å². The Kier molecular flexibility index (Phi) is 29.0. The van der Waals surface area contributed by atoms with Gasteiger partial charge in [-0.3, -0.25) is 9.59 Å². The maximum atomic E-state index is 10.5. The molecule has 32 heavy (non-hydrogen) atoms. The van der Waals surface area contributed by atoms with Crippen LogP contribution in [0.2, 0.25) is 0 Å². The molecule has 0 aromatic carbocycles. The van der Waals surface area contributed by atoms with Crippen LogP contribution in [0.25, 0.3) is 0 Å². The summed E-state index contributed by atoms with van der Waals surface area (Å²) >= 11 is 0. The number of carbonyl (C=O) groups is 2. The number of hydrogen-bond acceptors (Lipinski definition) is 3. The van der Waals surface area contributed by atoms with Crippen LogP contribution in [0, 0.1) is 0 Å². The van der Waals surface area contributed by atoms with Crippen LogP contribution < -0.4 is 0 Å². The summed E-state index contributed by atoms with van der Waals surface area (Å²) in [4.78, 5) is 20.7. The average molecular weight is 449 g/mol. The van der Waals surface area contributed by atoms with Gasteiger partial charge >= 0.3 is 11.9 Å². The van der Waals surface area contributed by atoms with Crippen molar-refractivity contribution in [2.75, 3.05) is 6.61 Å². The molecule has 0 saturated heterocycles. The van der Waals surface area contributed by atoms with Crippen molar-refractivity contribution in [2.45, 2.75) is 111 Å². The molecule has 184 valence electrons. The van der Waals surface area contributed by atoms with Crippen LogP contribution in [0.1, 0.15) is 111 Å². The van der Waals surface area contributed by atoms with E-state index in [0.717, 1.165) is 38.5 Å². The number of ether oxygens (including phenoxy) is 1. The fraction of sp³-hybridized carbons (Fsp3) is 0.643. The predicted molar refractivity (Wildman–Crippen MR) is 137 cm³/mol. The molecule has 0 aliphatic carbocycles. The summed E-state index contributed by atoms with van der Waals surface area (Å²) in [6, 6.07) is 0. The third-order valence-electron chi connectivity index (χ3n) is 4.71. The number of rotatable bonds is 19. The van der Waals surface area contributed by atoms with Gasteiger partial charge in [0.25, 0.3) is 0 Å². The lowest BCUT2D eigenvalue weighted by atomic mass is 10.1. The molecule has 0 aromatic rings. The average Bonchev–Trinajstić information content (AvgIpc) is 2.76. The van der Waals surface area contributed by atoms with Gasteiger partial charge in [-0.1, -0.05) is 93.6 Å². The second kappa shape index (κ2) is 28.9. The predicted octanol–water partition coefficient (Wildman–Crippen LogP) is 8.35. The maximum Gasteiger partial charge on any atom is 0.303 e. The van der Waals surface area contributed by atoms with E-state index in [0.29, 0.717) is 13.0 Å². The molecule has 0 radical (unpaired) electrons. The van der Waals surface area contributed by atoms with E-state index >= 15 is 0 Å². The summed E-state index contributed by atoms with van der Waals surface area (Å²) in [5, 5.41) is 8.44. The summed E-state index contributed by atoms with van der Waals surface area (Å²) in [5.41, 5.74) is 0. The number of esters is 1. The summed E-state index contributed by atoms with van der Waals surface area (Å²) < 4.78 is 4.86. The highest BCUT2D eigenvalue weighted by molar-refractivity contribution is 5.66. The monoisotopic (exact) mass is 448 g/mol. The van der Waals surface area contributed by atoms with Crippen molar-refractivity contribution in [3.63, 3.8) is 0 Å². The molecule has 0 heterocycles. The van der Waals surface area contributed by atoms with E-state index in [-0.39, 0.29) is 5.97 Å². The molecule has 0 aromatic heterocycles. The molecule has 0 atom stereocenters. The van der Waals surface area contributed by atoms with Crippen molar-refractivity contribution >= 4 is 11.9 Å². The van der Waals surface area contributed by atoms with Gasteiger partial charge in [-0.15, -0.1) is 0 Å².